The highest BCUT2D eigenvalue weighted by Gasteiger charge is 2.35. The van der Waals surface area contributed by atoms with Gasteiger partial charge in [0.15, 0.2) is 6.61 Å². The Kier molecular flexibility index (Phi) is 3.89. The summed E-state index contributed by atoms with van der Waals surface area (Å²) in [5.41, 5.74) is 2.10. The fraction of sp³-hybridized carbons (Fsp3) is 0.438. The normalized spacial score (nSPS) is 25.4. The molecular formula is C16H18N2O2. The topological polar surface area (TPSA) is 34.1 Å². The van der Waals surface area contributed by atoms with Crippen LogP contribution in [0.15, 0.2) is 29.4 Å². The van der Waals surface area contributed by atoms with Gasteiger partial charge in [-0.05, 0) is 31.2 Å². The van der Waals surface area contributed by atoms with Crippen molar-refractivity contribution in [3.05, 3.63) is 29.8 Å². The third-order valence-electron chi connectivity index (χ3n) is 3.75. The molecule has 0 N–H and O–H groups in total. The van der Waals surface area contributed by atoms with E-state index in [-0.39, 0.29) is 0 Å². The lowest BCUT2D eigenvalue weighted by atomic mass is 10.0. The molecule has 2 saturated heterocycles. The monoisotopic (exact) mass is 270 g/mol. The van der Waals surface area contributed by atoms with Gasteiger partial charge < -0.3 is 9.57 Å². The lowest BCUT2D eigenvalue weighted by Crippen LogP contribution is -2.23. The van der Waals surface area contributed by atoms with E-state index in [1.807, 2.05) is 24.3 Å². The summed E-state index contributed by atoms with van der Waals surface area (Å²) in [4.78, 5) is 7.72. The summed E-state index contributed by atoms with van der Waals surface area (Å²) in [7, 11) is 1.65. The second kappa shape index (κ2) is 5.98. The predicted octanol–water partition coefficient (Wildman–Crippen LogP) is 1.75. The third kappa shape index (κ3) is 2.94. The molecule has 0 radical (unpaired) electrons. The number of piperidine rings is 1. The quantitative estimate of drug-likeness (QED) is 0.477. The zero-order valence-corrected chi connectivity index (χ0v) is 11.6. The fourth-order valence-electron chi connectivity index (χ4n) is 2.70. The van der Waals surface area contributed by atoms with Crippen LogP contribution in [0.25, 0.3) is 0 Å². The molecule has 1 aromatic carbocycles. The van der Waals surface area contributed by atoms with Gasteiger partial charge in [0.1, 0.15) is 5.75 Å². The van der Waals surface area contributed by atoms with Crippen molar-refractivity contribution in [2.24, 2.45) is 11.1 Å². The molecule has 2 aliphatic heterocycles. The standard InChI is InChI=1S/C16H18N2O2/c1-19-15-6-2-4-13(10-15)5-3-9-20-17-16-12-18-8-7-14(16)11-18/h2,4,6,10,14H,7-9,11-12H2,1H3/b17-16+/t14-/m1/s1. The lowest BCUT2D eigenvalue weighted by molar-refractivity contribution is 0.177. The Balaban J connectivity index is 1.50. The summed E-state index contributed by atoms with van der Waals surface area (Å²) >= 11 is 0. The number of hydrogen-bond donors (Lipinski definition) is 0. The Morgan fingerprint density at radius 2 is 2.40 bits per heavy atom. The van der Waals surface area contributed by atoms with Crippen LogP contribution in [0.2, 0.25) is 0 Å². The largest absolute Gasteiger partial charge is 0.497 e. The Hall–Kier alpha value is -1.99. The minimum atomic E-state index is 0.327. The van der Waals surface area contributed by atoms with Gasteiger partial charge in [-0.3, -0.25) is 4.90 Å². The van der Waals surface area contributed by atoms with Crippen LogP contribution in [-0.2, 0) is 4.84 Å². The average molecular weight is 270 g/mol. The number of methoxy groups -OCH3 is 1. The molecule has 20 heavy (non-hydrogen) atoms. The van der Waals surface area contributed by atoms with Gasteiger partial charge in [0.05, 0.1) is 12.8 Å². The maximum Gasteiger partial charge on any atom is 0.177 e. The molecular weight excluding hydrogens is 252 g/mol. The molecule has 4 nitrogen and oxygen atoms in total. The smallest absolute Gasteiger partial charge is 0.177 e. The SMILES string of the molecule is COc1cccc(C#CCO/N=C2\CN3CC[C@@H]2C3)c1. The van der Waals surface area contributed by atoms with Crippen molar-refractivity contribution < 1.29 is 9.57 Å². The van der Waals surface area contributed by atoms with Crippen LogP contribution in [0, 0.1) is 17.8 Å². The zero-order valence-electron chi connectivity index (χ0n) is 11.6. The first kappa shape index (κ1) is 13.0. The summed E-state index contributed by atoms with van der Waals surface area (Å²) in [5, 5.41) is 4.22. The van der Waals surface area contributed by atoms with Crippen LogP contribution < -0.4 is 4.74 Å². The van der Waals surface area contributed by atoms with Gasteiger partial charge in [-0.1, -0.05) is 23.1 Å². The molecule has 2 aliphatic rings. The van der Waals surface area contributed by atoms with Crippen molar-refractivity contribution in [2.75, 3.05) is 33.4 Å². The van der Waals surface area contributed by atoms with E-state index in [2.05, 4.69) is 21.9 Å². The van der Waals surface area contributed by atoms with E-state index in [1.165, 1.54) is 18.7 Å². The number of hydrogen-bond acceptors (Lipinski definition) is 4. The van der Waals surface area contributed by atoms with E-state index in [1.54, 1.807) is 7.11 Å². The van der Waals surface area contributed by atoms with Gasteiger partial charge in [0.25, 0.3) is 0 Å². The first-order chi connectivity index (χ1) is 9.85. The highest BCUT2D eigenvalue weighted by molar-refractivity contribution is 5.91. The Labute approximate surface area is 119 Å². The maximum atomic E-state index is 5.30. The average Bonchev–Trinajstić information content (AvgIpc) is 3.10. The van der Waals surface area contributed by atoms with E-state index >= 15 is 0 Å². The molecule has 2 atom stereocenters. The molecule has 1 unspecified atom stereocenters. The molecule has 2 fully saturated rings. The molecule has 0 amide bonds. The van der Waals surface area contributed by atoms with Crippen LogP contribution in [0.3, 0.4) is 0 Å². The van der Waals surface area contributed by atoms with Gasteiger partial charge >= 0.3 is 0 Å². The molecule has 0 aromatic heterocycles. The number of nitrogens with zero attached hydrogens (tertiary/aromatic N) is 2. The summed E-state index contributed by atoms with van der Waals surface area (Å²) < 4.78 is 5.15. The second-order valence-electron chi connectivity index (χ2n) is 5.11. The summed E-state index contributed by atoms with van der Waals surface area (Å²) in [6.45, 7) is 3.65. The van der Waals surface area contributed by atoms with Crippen molar-refractivity contribution >= 4 is 5.71 Å². The predicted molar refractivity (Wildman–Crippen MR) is 77.8 cm³/mol. The minimum absolute atomic E-state index is 0.327. The fourth-order valence-corrected chi connectivity index (χ4v) is 2.70. The molecule has 0 saturated carbocycles. The molecule has 104 valence electrons. The van der Waals surface area contributed by atoms with E-state index in [9.17, 15) is 0 Å². The van der Waals surface area contributed by atoms with Crippen molar-refractivity contribution in [1.29, 1.82) is 0 Å². The number of rotatable bonds is 3. The first-order valence-electron chi connectivity index (χ1n) is 6.89. The Bertz CT molecular complexity index is 571. The van der Waals surface area contributed by atoms with Crippen LogP contribution in [0.1, 0.15) is 12.0 Å². The Morgan fingerprint density at radius 1 is 1.45 bits per heavy atom. The van der Waals surface area contributed by atoms with Gasteiger partial charge in [-0.2, -0.15) is 0 Å². The van der Waals surface area contributed by atoms with Crippen LogP contribution >= 0.6 is 0 Å². The van der Waals surface area contributed by atoms with Crippen LogP contribution in [-0.4, -0.2) is 44.0 Å². The van der Waals surface area contributed by atoms with Crippen molar-refractivity contribution in [3.63, 3.8) is 0 Å². The van der Waals surface area contributed by atoms with Crippen LogP contribution in [0.4, 0.5) is 0 Å². The van der Waals surface area contributed by atoms with E-state index in [4.69, 9.17) is 9.57 Å². The summed E-state index contributed by atoms with van der Waals surface area (Å²) in [5.74, 6) is 7.44. The van der Waals surface area contributed by atoms with Crippen LogP contribution in [0.5, 0.6) is 5.75 Å². The minimum Gasteiger partial charge on any atom is -0.497 e. The van der Waals surface area contributed by atoms with Gasteiger partial charge in [0.2, 0.25) is 0 Å². The molecule has 0 aliphatic carbocycles. The number of oxime groups is 1. The summed E-state index contributed by atoms with van der Waals surface area (Å²) in [6, 6.07) is 7.68. The summed E-state index contributed by atoms with van der Waals surface area (Å²) in [6.07, 6.45) is 1.22. The van der Waals surface area contributed by atoms with Crippen molar-refractivity contribution in [1.82, 2.24) is 4.90 Å². The van der Waals surface area contributed by atoms with Crippen molar-refractivity contribution in [3.8, 4) is 17.6 Å². The third-order valence-corrected chi connectivity index (χ3v) is 3.75. The van der Waals surface area contributed by atoms with Crippen molar-refractivity contribution in [2.45, 2.75) is 6.42 Å². The molecule has 3 rings (SSSR count). The van der Waals surface area contributed by atoms with Gasteiger partial charge in [0, 0.05) is 24.6 Å². The molecule has 1 aromatic rings. The van der Waals surface area contributed by atoms with E-state index < -0.39 is 0 Å². The Morgan fingerprint density at radius 3 is 3.15 bits per heavy atom. The number of benzene rings is 1. The molecule has 0 spiro atoms. The van der Waals surface area contributed by atoms with Gasteiger partial charge in [-0.25, -0.2) is 0 Å². The lowest BCUT2D eigenvalue weighted by Gasteiger charge is -2.12. The molecule has 4 heteroatoms. The van der Waals surface area contributed by atoms with Gasteiger partial charge in [-0.15, -0.1) is 0 Å². The maximum absolute atomic E-state index is 5.30. The first-order valence-corrected chi connectivity index (χ1v) is 6.89. The second-order valence-corrected chi connectivity index (χ2v) is 5.11. The zero-order chi connectivity index (χ0) is 13.8. The number of fused-ring (bicyclic) bond motifs is 2. The molecule has 2 heterocycles. The van der Waals surface area contributed by atoms with E-state index in [0.29, 0.717) is 12.5 Å². The highest BCUT2D eigenvalue weighted by atomic mass is 16.6. The number of ether oxygens (including phenoxy) is 1. The highest BCUT2D eigenvalue weighted by Crippen LogP contribution is 2.25. The van der Waals surface area contributed by atoms with E-state index in [0.717, 1.165) is 24.4 Å². The molecule has 2 bridgehead atoms.